The summed E-state index contributed by atoms with van der Waals surface area (Å²) in [5, 5.41) is 12.5. The molecule has 2 unspecified atom stereocenters. The second-order valence-electron chi connectivity index (χ2n) is 7.41. The quantitative estimate of drug-likeness (QED) is 0.675. The summed E-state index contributed by atoms with van der Waals surface area (Å²) in [5.41, 5.74) is 5.65. The van der Waals surface area contributed by atoms with Crippen molar-refractivity contribution >= 4 is 35.2 Å². The van der Waals surface area contributed by atoms with Crippen molar-refractivity contribution in [3.63, 3.8) is 0 Å². The predicted molar refractivity (Wildman–Crippen MR) is 110 cm³/mol. The van der Waals surface area contributed by atoms with Crippen LogP contribution in [0.15, 0.2) is 29.1 Å². The summed E-state index contributed by atoms with van der Waals surface area (Å²) in [4.78, 5) is 46.1. The van der Waals surface area contributed by atoms with E-state index in [0.717, 1.165) is 0 Å². The van der Waals surface area contributed by atoms with Gasteiger partial charge >= 0.3 is 0 Å². The molecule has 1 aromatic heterocycles. The number of carbonyl (C=O) groups is 2. The summed E-state index contributed by atoms with van der Waals surface area (Å²) in [7, 11) is 0. The third kappa shape index (κ3) is 3.39. The fourth-order valence-corrected chi connectivity index (χ4v) is 4.34. The molecular weight excluding hydrogens is 408 g/mol. The third-order valence-corrected chi connectivity index (χ3v) is 6.03. The summed E-state index contributed by atoms with van der Waals surface area (Å²) in [5.74, 6) is -2.60. The van der Waals surface area contributed by atoms with Crippen molar-refractivity contribution in [3.8, 4) is 6.07 Å². The summed E-state index contributed by atoms with van der Waals surface area (Å²) in [6.07, 6.45) is 1.11. The third-order valence-electron chi connectivity index (χ3n) is 5.69. The van der Waals surface area contributed by atoms with Gasteiger partial charge in [0, 0.05) is 29.9 Å². The highest BCUT2D eigenvalue weighted by atomic mass is 35.5. The first-order valence-electron chi connectivity index (χ1n) is 9.54. The maximum Gasteiger partial charge on any atom is 0.258 e. The molecule has 9 nitrogen and oxygen atoms in total. The summed E-state index contributed by atoms with van der Waals surface area (Å²) in [6.45, 7) is 0.996. The van der Waals surface area contributed by atoms with Gasteiger partial charge in [0.05, 0.1) is 11.6 Å². The Bertz CT molecular complexity index is 1120. The molecule has 0 radical (unpaired) electrons. The van der Waals surface area contributed by atoms with Gasteiger partial charge in [-0.3, -0.25) is 19.4 Å². The highest BCUT2D eigenvalue weighted by Gasteiger charge is 2.41. The molecule has 2 amide bonds. The second-order valence-corrected chi connectivity index (χ2v) is 7.82. The predicted octanol–water partition coefficient (Wildman–Crippen LogP) is 1.35. The molecule has 1 saturated heterocycles. The number of aromatic nitrogens is 2. The number of amides is 2. The van der Waals surface area contributed by atoms with Gasteiger partial charge < -0.3 is 16.0 Å². The van der Waals surface area contributed by atoms with E-state index in [2.05, 4.69) is 15.3 Å². The zero-order valence-corrected chi connectivity index (χ0v) is 16.6. The molecule has 4 N–H and O–H groups in total. The molecular formula is C20H19ClN6O3. The summed E-state index contributed by atoms with van der Waals surface area (Å²) >= 11 is 6.32. The second kappa shape index (κ2) is 7.80. The number of carbonyl (C=O) groups excluding carboxylic acids is 2. The van der Waals surface area contributed by atoms with E-state index < -0.39 is 23.3 Å². The number of benzene rings is 1. The van der Waals surface area contributed by atoms with Crippen LogP contribution in [0.4, 0.5) is 11.8 Å². The van der Waals surface area contributed by atoms with E-state index in [9.17, 15) is 19.6 Å². The SMILES string of the molecule is N#CC1C(=O)Nc2nc(N3CCC(C(N)=O)CC3)[nH]c(=O)c2C1c1ccccc1Cl. The van der Waals surface area contributed by atoms with E-state index in [0.29, 0.717) is 42.5 Å². The molecule has 2 aromatic rings. The molecule has 4 rings (SSSR count). The molecule has 0 saturated carbocycles. The van der Waals surface area contributed by atoms with Crippen LogP contribution in [-0.4, -0.2) is 34.9 Å². The minimum atomic E-state index is -1.11. The minimum absolute atomic E-state index is 0.118. The van der Waals surface area contributed by atoms with Gasteiger partial charge in [-0.2, -0.15) is 10.2 Å². The zero-order chi connectivity index (χ0) is 21.4. The molecule has 2 atom stereocenters. The van der Waals surface area contributed by atoms with Crippen molar-refractivity contribution in [3.05, 3.63) is 50.8 Å². The van der Waals surface area contributed by atoms with Crippen LogP contribution in [0.3, 0.4) is 0 Å². The lowest BCUT2D eigenvalue weighted by atomic mass is 9.79. The first kappa shape index (κ1) is 19.9. The number of aromatic amines is 1. The van der Waals surface area contributed by atoms with Crippen molar-refractivity contribution in [2.45, 2.75) is 18.8 Å². The van der Waals surface area contributed by atoms with E-state index in [4.69, 9.17) is 17.3 Å². The first-order chi connectivity index (χ1) is 14.4. The number of rotatable bonds is 3. The van der Waals surface area contributed by atoms with Gasteiger partial charge in [0.2, 0.25) is 17.8 Å². The topological polar surface area (TPSA) is 145 Å². The number of fused-ring (bicyclic) bond motifs is 1. The molecule has 1 aromatic carbocycles. The van der Waals surface area contributed by atoms with Crippen LogP contribution in [0.1, 0.15) is 29.9 Å². The average molecular weight is 427 g/mol. The van der Waals surface area contributed by atoms with Crippen molar-refractivity contribution in [1.29, 1.82) is 5.26 Å². The lowest BCUT2D eigenvalue weighted by Gasteiger charge is -2.33. The molecule has 30 heavy (non-hydrogen) atoms. The molecule has 0 bridgehead atoms. The fraction of sp³-hybridized carbons (Fsp3) is 0.350. The van der Waals surface area contributed by atoms with Crippen LogP contribution in [0.2, 0.25) is 5.02 Å². The number of nitrogens with one attached hydrogen (secondary N) is 2. The minimum Gasteiger partial charge on any atom is -0.369 e. The van der Waals surface area contributed by atoms with Gasteiger partial charge in [0.15, 0.2) is 0 Å². The number of nitrogens with two attached hydrogens (primary N) is 1. The molecule has 10 heteroatoms. The van der Waals surface area contributed by atoms with Gasteiger partial charge in [-0.15, -0.1) is 0 Å². The van der Waals surface area contributed by atoms with E-state index in [-0.39, 0.29) is 23.2 Å². The normalized spacial score (nSPS) is 21.5. The summed E-state index contributed by atoms with van der Waals surface area (Å²) in [6, 6.07) is 8.80. The number of nitriles is 1. The Balaban J connectivity index is 1.76. The van der Waals surface area contributed by atoms with Crippen LogP contribution in [0, 0.1) is 23.2 Å². The maximum absolute atomic E-state index is 13.1. The number of H-pyrrole nitrogens is 1. The lowest BCUT2D eigenvalue weighted by molar-refractivity contribution is -0.122. The monoisotopic (exact) mass is 426 g/mol. The number of halogens is 1. The number of nitrogens with zero attached hydrogens (tertiary/aromatic N) is 3. The standard InChI is InChI=1S/C20H19ClN6O3/c21-13-4-2-1-3-11(13)14-12(9-22)18(29)24-17-15(14)19(30)26-20(25-17)27-7-5-10(6-8-27)16(23)28/h1-4,10,12,14H,5-8H2,(H2,23,28)(H2,24,25,26,29,30). The van der Waals surface area contributed by atoms with Crippen molar-refractivity contribution in [1.82, 2.24) is 9.97 Å². The number of primary amides is 1. The first-order valence-corrected chi connectivity index (χ1v) is 9.92. The fourth-order valence-electron chi connectivity index (χ4n) is 4.09. The molecule has 154 valence electrons. The van der Waals surface area contributed by atoms with Gasteiger partial charge in [-0.1, -0.05) is 29.8 Å². The van der Waals surface area contributed by atoms with Crippen LogP contribution in [-0.2, 0) is 9.59 Å². The smallest absolute Gasteiger partial charge is 0.258 e. The number of anilines is 2. The van der Waals surface area contributed by atoms with Gasteiger partial charge in [-0.05, 0) is 24.5 Å². The highest BCUT2D eigenvalue weighted by Crippen LogP contribution is 2.40. The van der Waals surface area contributed by atoms with Crippen LogP contribution in [0.25, 0.3) is 0 Å². The van der Waals surface area contributed by atoms with Crippen molar-refractivity contribution < 1.29 is 9.59 Å². The van der Waals surface area contributed by atoms with Gasteiger partial charge in [-0.25, -0.2) is 0 Å². The number of hydrogen-bond donors (Lipinski definition) is 3. The van der Waals surface area contributed by atoms with Gasteiger partial charge in [0.25, 0.3) is 5.56 Å². The molecule has 2 aliphatic heterocycles. The Kier molecular flexibility index (Phi) is 5.18. The summed E-state index contributed by atoms with van der Waals surface area (Å²) < 4.78 is 0. The highest BCUT2D eigenvalue weighted by molar-refractivity contribution is 6.31. The average Bonchev–Trinajstić information content (AvgIpc) is 2.73. The molecule has 3 heterocycles. The van der Waals surface area contributed by atoms with Crippen LogP contribution >= 0.6 is 11.6 Å². The largest absolute Gasteiger partial charge is 0.369 e. The Morgan fingerprint density at radius 2 is 1.97 bits per heavy atom. The molecule has 1 fully saturated rings. The van der Waals surface area contributed by atoms with E-state index in [1.54, 1.807) is 24.3 Å². The Hall–Kier alpha value is -3.38. The van der Waals surface area contributed by atoms with E-state index in [1.165, 1.54) is 0 Å². The van der Waals surface area contributed by atoms with E-state index in [1.807, 2.05) is 11.0 Å². The van der Waals surface area contributed by atoms with E-state index >= 15 is 0 Å². The lowest BCUT2D eigenvalue weighted by Crippen LogP contribution is -2.42. The zero-order valence-electron chi connectivity index (χ0n) is 15.9. The Morgan fingerprint density at radius 1 is 1.27 bits per heavy atom. The van der Waals surface area contributed by atoms with Gasteiger partial charge in [0.1, 0.15) is 11.7 Å². The Labute approximate surface area is 176 Å². The number of piperidine rings is 1. The maximum atomic E-state index is 13.1. The Morgan fingerprint density at radius 3 is 2.60 bits per heavy atom. The molecule has 0 aliphatic carbocycles. The molecule has 2 aliphatic rings. The number of hydrogen-bond acceptors (Lipinski definition) is 6. The molecule has 0 spiro atoms. The van der Waals surface area contributed by atoms with Crippen LogP contribution < -0.4 is 21.5 Å². The van der Waals surface area contributed by atoms with Crippen LogP contribution in [0.5, 0.6) is 0 Å². The van der Waals surface area contributed by atoms with Crippen molar-refractivity contribution in [2.24, 2.45) is 17.6 Å². The van der Waals surface area contributed by atoms with Crippen molar-refractivity contribution in [2.75, 3.05) is 23.3 Å².